The molecule has 7 heteroatoms. The quantitative estimate of drug-likeness (QED) is 0.228. The molecule has 32 heavy (non-hydrogen) atoms. The summed E-state index contributed by atoms with van der Waals surface area (Å²) in [5.74, 6) is -0.0302. The van der Waals surface area contributed by atoms with E-state index in [4.69, 9.17) is 14.2 Å². The number of rotatable bonds is 11. The van der Waals surface area contributed by atoms with Gasteiger partial charge in [0.2, 0.25) is 0 Å². The first-order valence-corrected chi connectivity index (χ1v) is 10.7. The predicted octanol–water partition coefficient (Wildman–Crippen LogP) is 4.12. The molecule has 0 saturated carbocycles. The van der Waals surface area contributed by atoms with Gasteiger partial charge in [-0.3, -0.25) is 14.5 Å². The lowest BCUT2D eigenvalue weighted by atomic mass is 10.1. The van der Waals surface area contributed by atoms with Gasteiger partial charge in [-0.05, 0) is 49.2 Å². The number of carbonyl (C=O) groups is 3. The van der Waals surface area contributed by atoms with Gasteiger partial charge in [0, 0.05) is 6.08 Å². The fraction of sp³-hybridized carbons (Fsp3) is 0.320. The van der Waals surface area contributed by atoms with Crippen LogP contribution in [0.5, 0.6) is 11.5 Å². The van der Waals surface area contributed by atoms with Gasteiger partial charge in [0.15, 0.2) is 11.5 Å². The maximum atomic E-state index is 12.3. The molecule has 0 aromatic heterocycles. The zero-order valence-corrected chi connectivity index (χ0v) is 18.3. The molecule has 2 amide bonds. The Labute approximate surface area is 187 Å². The van der Waals surface area contributed by atoms with Gasteiger partial charge in [-0.15, -0.1) is 0 Å². The summed E-state index contributed by atoms with van der Waals surface area (Å²) in [6.07, 6.45) is 4.91. The molecule has 0 radical (unpaired) electrons. The van der Waals surface area contributed by atoms with Crippen molar-refractivity contribution >= 4 is 23.9 Å². The van der Waals surface area contributed by atoms with Crippen molar-refractivity contribution in [2.24, 2.45) is 0 Å². The number of hydrogen-bond donors (Lipinski definition) is 0. The van der Waals surface area contributed by atoms with Crippen LogP contribution in [-0.4, -0.2) is 49.0 Å². The molecule has 0 bridgehead atoms. The number of esters is 1. The third-order valence-electron chi connectivity index (χ3n) is 4.87. The van der Waals surface area contributed by atoms with Gasteiger partial charge < -0.3 is 14.2 Å². The summed E-state index contributed by atoms with van der Waals surface area (Å²) in [5.41, 5.74) is 1.50. The predicted molar refractivity (Wildman–Crippen MR) is 120 cm³/mol. The van der Waals surface area contributed by atoms with Crippen LogP contribution in [0.4, 0.5) is 0 Å². The summed E-state index contributed by atoms with van der Waals surface area (Å²) in [7, 11) is 0. The monoisotopic (exact) mass is 437 g/mol. The van der Waals surface area contributed by atoms with E-state index < -0.39 is 5.97 Å². The fourth-order valence-electron chi connectivity index (χ4n) is 3.23. The minimum Gasteiger partial charge on any atom is -0.490 e. The minimum absolute atomic E-state index is 0.00418. The van der Waals surface area contributed by atoms with E-state index >= 15 is 0 Å². The molecule has 0 unspecified atom stereocenters. The summed E-state index contributed by atoms with van der Waals surface area (Å²) >= 11 is 0. The van der Waals surface area contributed by atoms with Crippen LogP contribution < -0.4 is 9.47 Å². The number of carbonyl (C=O) groups excluding carboxylic acids is 3. The molecule has 0 aliphatic carbocycles. The van der Waals surface area contributed by atoms with Gasteiger partial charge in [0.25, 0.3) is 11.8 Å². The third kappa shape index (κ3) is 5.55. The molecular formula is C25H27NO6. The van der Waals surface area contributed by atoms with Gasteiger partial charge >= 0.3 is 5.97 Å². The molecular weight excluding hydrogens is 410 g/mol. The van der Waals surface area contributed by atoms with Crippen LogP contribution in [0.2, 0.25) is 0 Å². The second-order valence-corrected chi connectivity index (χ2v) is 7.15. The Morgan fingerprint density at radius 1 is 0.938 bits per heavy atom. The molecule has 3 rings (SSSR count). The number of imide groups is 1. The van der Waals surface area contributed by atoms with Crippen molar-refractivity contribution in [1.82, 2.24) is 4.90 Å². The van der Waals surface area contributed by atoms with Crippen LogP contribution in [0, 0.1) is 0 Å². The summed E-state index contributed by atoms with van der Waals surface area (Å²) in [6.45, 7) is 5.03. The summed E-state index contributed by atoms with van der Waals surface area (Å²) in [5, 5.41) is 0. The lowest BCUT2D eigenvalue weighted by Crippen LogP contribution is -2.33. The van der Waals surface area contributed by atoms with Gasteiger partial charge in [-0.1, -0.05) is 31.5 Å². The Kier molecular flexibility index (Phi) is 8.02. The Morgan fingerprint density at radius 2 is 1.66 bits per heavy atom. The van der Waals surface area contributed by atoms with E-state index in [-0.39, 0.29) is 25.0 Å². The van der Waals surface area contributed by atoms with Crippen molar-refractivity contribution < 1.29 is 28.6 Å². The van der Waals surface area contributed by atoms with Crippen LogP contribution in [0.1, 0.15) is 53.0 Å². The van der Waals surface area contributed by atoms with Crippen LogP contribution in [0.25, 0.3) is 6.08 Å². The topological polar surface area (TPSA) is 82.1 Å². The first kappa shape index (κ1) is 23.1. The summed E-state index contributed by atoms with van der Waals surface area (Å²) < 4.78 is 16.6. The van der Waals surface area contributed by atoms with E-state index in [9.17, 15) is 14.4 Å². The number of hydrogen-bond acceptors (Lipinski definition) is 6. The third-order valence-corrected chi connectivity index (χ3v) is 4.87. The standard InChI is InChI=1S/C25H27NO6/c1-3-5-15-31-21-12-10-18(17-22(21)30-4-2)11-13-23(27)32-16-14-26-24(28)19-8-6-7-9-20(19)25(26)29/h6-13,17H,3-5,14-16H2,1-2H3/b13-11+. The molecule has 168 valence electrons. The maximum absolute atomic E-state index is 12.3. The lowest BCUT2D eigenvalue weighted by Gasteiger charge is -2.13. The number of fused-ring (bicyclic) bond motifs is 1. The largest absolute Gasteiger partial charge is 0.490 e. The average Bonchev–Trinajstić information content (AvgIpc) is 3.04. The molecule has 1 aliphatic rings. The van der Waals surface area contributed by atoms with Crippen molar-refractivity contribution in [3.8, 4) is 11.5 Å². The fourth-order valence-corrected chi connectivity index (χ4v) is 3.23. The van der Waals surface area contributed by atoms with E-state index in [1.165, 1.54) is 6.08 Å². The molecule has 0 fully saturated rings. The van der Waals surface area contributed by atoms with E-state index in [1.807, 2.05) is 19.1 Å². The Morgan fingerprint density at radius 3 is 2.31 bits per heavy atom. The van der Waals surface area contributed by atoms with Crippen molar-refractivity contribution in [3.05, 3.63) is 65.2 Å². The molecule has 0 atom stereocenters. The first-order valence-electron chi connectivity index (χ1n) is 10.7. The maximum Gasteiger partial charge on any atom is 0.330 e. The van der Waals surface area contributed by atoms with Crippen LogP contribution in [0.3, 0.4) is 0 Å². The molecule has 7 nitrogen and oxygen atoms in total. The second-order valence-electron chi connectivity index (χ2n) is 7.15. The van der Waals surface area contributed by atoms with Crippen molar-refractivity contribution in [2.45, 2.75) is 26.7 Å². The van der Waals surface area contributed by atoms with Gasteiger partial charge in [0.1, 0.15) is 6.61 Å². The van der Waals surface area contributed by atoms with Crippen LogP contribution >= 0.6 is 0 Å². The highest BCUT2D eigenvalue weighted by atomic mass is 16.5. The highest BCUT2D eigenvalue weighted by molar-refractivity contribution is 6.21. The highest BCUT2D eigenvalue weighted by Crippen LogP contribution is 2.29. The summed E-state index contributed by atoms with van der Waals surface area (Å²) in [6, 6.07) is 12.1. The Hall–Kier alpha value is -3.61. The number of unbranched alkanes of at least 4 members (excludes halogenated alkanes) is 1. The Balaban J connectivity index is 1.52. The van der Waals surface area contributed by atoms with Crippen LogP contribution in [0.15, 0.2) is 48.5 Å². The lowest BCUT2D eigenvalue weighted by molar-refractivity contribution is -0.137. The molecule has 0 spiro atoms. The minimum atomic E-state index is -0.567. The zero-order chi connectivity index (χ0) is 22.9. The zero-order valence-electron chi connectivity index (χ0n) is 18.3. The molecule has 1 heterocycles. The first-order chi connectivity index (χ1) is 15.5. The number of amides is 2. The molecule has 0 N–H and O–H groups in total. The molecule has 1 aliphatic heterocycles. The van der Waals surface area contributed by atoms with Crippen LogP contribution in [-0.2, 0) is 9.53 Å². The van der Waals surface area contributed by atoms with Gasteiger partial charge in [-0.2, -0.15) is 0 Å². The second kappa shape index (κ2) is 11.1. The number of ether oxygens (including phenoxy) is 3. The normalized spacial score (nSPS) is 12.9. The number of nitrogens with zero attached hydrogens (tertiary/aromatic N) is 1. The molecule has 2 aromatic rings. The Bertz CT molecular complexity index is 978. The van der Waals surface area contributed by atoms with E-state index in [0.29, 0.717) is 35.8 Å². The van der Waals surface area contributed by atoms with E-state index in [1.54, 1.807) is 36.4 Å². The van der Waals surface area contributed by atoms with E-state index in [2.05, 4.69) is 6.92 Å². The van der Waals surface area contributed by atoms with Crippen molar-refractivity contribution in [2.75, 3.05) is 26.4 Å². The number of benzene rings is 2. The smallest absolute Gasteiger partial charge is 0.330 e. The summed E-state index contributed by atoms with van der Waals surface area (Å²) in [4.78, 5) is 37.8. The molecule has 2 aromatic carbocycles. The van der Waals surface area contributed by atoms with Gasteiger partial charge in [-0.25, -0.2) is 4.79 Å². The average molecular weight is 437 g/mol. The highest BCUT2D eigenvalue weighted by Gasteiger charge is 2.34. The van der Waals surface area contributed by atoms with E-state index in [0.717, 1.165) is 23.3 Å². The van der Waals surface area contributed by atoms with Gasteiger partial charge in [0.05, 0.1) is 30.9 Å². The van der Waals surface area contributed by atoms with Crippen molar-refractivity contribution in [3.63, 3.8) is 0 Å². The van der Waals surface area contributed by atoms with Crippen molar-refractivity contribution in [1.29, 1.82) is 0 Å². The SMILES string of the molecule is CCCCOc1ccc(/C=C/C(=O)OCCN2C(=O)c3ccccc3C2=O)cc1OCC. The molecule has 0 saturated heterocycles.